The van der Waals surface area contributed by atoms with Crippen molar-refractivity contribution in [2.75, 3.05) is 35.3 Å². The third kappa shape index (κ3) is 14.1. The summed E-state index contributed by atoms with van der Waals surface area (Å²) in [6, 6.07) is -0.475. The Kier molecular flexibility index (Phi) is 20.0. The second-order valence-electron chi connectivity index (χ2n) is 18.4. The van der Waals surface area contributed by atoms with E-state index in [1.165, 1.54) is 21.0 Å². The summed E-state index contributed by atoms with van der Waals surface area (Å²) in [5, 5.41) is 33.3. The van der Waals surface area contributed by atoms with Gasteiger partial charge in [-0.1, -0.05) is 31.2 Å². The Hall–Kier alpha value is -2.39. The number of hydrogen-bond acceptors (Lipinski definition) is 17. The van der Waals surface area contributed by atoms with E-state index in [1.807, 2.05) is 57.1 Å². The van der Waals surface area contributed by atoms with E-state index < -0.39 is 116 Å². The lowest BCUT2D eigenvalue weighted by molar-refractivity contribution is -0.344. The quantitative estimate of drug-likeness (QED) is 0.191. The van der Waals surface area contributed by atoms with Crippen molar-refractivity contribution in [2.45, 2.75) is 197 Å². The first-order valence-corrected chi connectivity index (χ1v) is 22.2. The maximum absolute atomic E-state index is 13.2. The first-order valence-electron chi connectivity index (χ1n) is 22.2. The molecule has 17 nitrogen and oxygen atoms in total. The number of rotatable bonds is 12. The molecule has 3 saturated heterocycles. The highest BCUT2D eigenvalue weighted by Gasteiger charge is 2.53. The third-order valence-corrected chi connectivity index (χ3v) is 12.7. The SMILES string of the molecule is COC1C(O)CC(=O)OC(C)CC=CC=CC(OC2CCC(N(C)C)C(C)O2)C(C)CC(CC=O)C1OC1OC(C)C(OC2CC(C)(O)C(O)C(C)O2)C(N(C)C)C1OC(C)=O. The molecule has 17 heteroatoms. The van der Waals surface area contributed by atoms with Crippen LogP contribution in [0.25, 0.3) is 0 Å². The topological polar surface area (TPSA) is 201 Å². The molecule has 0 amide bonds. The number of hydrogen-bond donors (Lipinski definition) is 3. The van der Waals surface area contributed by atoms with Crippen molar-refractivity contribution in [3.05, 3.63) is 24.3 Å². The van der Waals surface area contributed by atoms with Crippen molar-refractivity contribution in [1.82, 2.24) is 9.80 Å². The molecule has 0 aliphatic carbocycles. The molecule has 4 heterocycles. The number of aliphatic hydroxyl groups is 3. The van der Waals surface area contributed by atoms with Gasteiger partial charge in [0.25, 0.3) is 0 Å². The average Bonchev–Trinajstić information content (AvgIpc) is 3.16. The number of allylic oxidation sites excluding steroid dienone is 2. The van der Waals surface area contributed by atoms with Crippen molar-refractivity contribution in [2.24, 2.45) is 11.8 Å². The summed E-state index contributed by atoms with van der Waals surface area (Å²) in [5.41, 5.74) is -1.50. The fourth-order valence-electron chi connectivity index (χ4n) is 9.39. The third-order valence-electron chi connectivity index (χ3n) is 12.7. The maximum atomic E-state index is 13.2. The molecule has 0 bridgehead atoms. The van der Waals surface area contributed by atoms with Crippen LogP contribution in [-0.4, -0.2) is 182 Å². The van der Waals surface area contributed by atoms with Crippen molar-refractivity contribution in [3.63, 3.8) is 0 Å². The zero-order valence-electron chi connectivity index (χ0n) is 38.9. The minimum absolute atomic E-state index is 0.0345. The lowest BCUT2D eigenvalue weighted by atomic mass is 9.82. The van der Waals surface area contributed by atoms with Gasteiger partial charge < -0.3 is 72.5 Å². The fraction of sp³-hybridized carbons (Fsp3) is 0.844. The van der Waals surface area contributed by atoms with E-state index in [0.29, 0.717) is 19.3 Å². The molecule has 4 aliphatic heterocycles. The van der Waals surface area contributed by atoms with Crippen molar-refractivity contribution >= 4 is 18.2 Å². The van der Waals surface area contributed by atoms with Crippen molar-refractivity contribution < 1.29 is 72.3 Å². The molecule has 0 saturated carbocycles. The number of likely N-dealkylation sites (N-methyl/N-ethyl adjacent to an activating group) is 2. The Labute approximate surface area is 368 Å². The van der Waals surface area contributed by atoms with Crippen LogP contribution in [0.1, 0.15) is 93.4 Å². The number of nitrogens with zero attached hydrogens (tertiary/aromatic N) is 2. The Bertz CT molecular complexity index is 1480. The van der Waals surface area contributed by atoms with Gasteiger partial charge in [-0.05, 0) is 93.9 Å². The van der Waals surface area contributed by atoms with E-state index in [9.17, 15) is 29.7 Å². The van der Waals surface area contributed by atoms with Gasteiger partial charge in [-0.15, -0.1) is 0 Å². The van der Waals surface area contributed by atoms with Crippen molar-refractivity contribution in [3.8, 4) is 0 Å². The molecule has 0 aromatic heterocycles. The van der Waals surface area contributed by atoms with Crippen LogP contribution in [-0.2, 0) is 57.0 Å². The zero-order valence-corrected chi connectivity index (χ0v) is 38.9. The smallest absolute Gasteiger partial charge is 0.308 e. The van der Waals surface area contributed by atoms with Gasteiger partial charge in [0.05, 0.1) is 54.7 Å². The molecule has 356 valence electrons. The number of carbonyl (C=O) groups is 3. The average molecular weight is 885 g/mol. The number of carbonyl (C=O) groups excluding carboxylic acids is 3. The minimum atomic E-state index is -1.50. The first kappa shape index (κ1) is 52.2. The lowest BCUT2D eigenvalue weighted by Crippen LogP contribution is -2.66. The minimum Gasteiger partial charge on any atom is -0.462 e. The van der Waals surface area contributed by atoms with Crippen LogP contribution in [0.2, 0.25) is 0 Å². The molecular formula is C45H76N2O15. The fourth-order valence-corrected chi connectivity index (χ4v) is 9.39. The monoisotopic (exact) mass is 885 g/mol. The highest BCUT2D eigenvalue weighted by molar-refractivity contribution is 5.70. The van der Waals surface area contributed by atoms with Gasteiger partial charge in [0.2, 0.25) is 0 Å². The van der Waals surface area contributed by atoms with Gasteiger partial charge in [-0.2, -0.15) is 0 Å². The van der Waals surface area contributed by atoms with Gasteiger partial charge in [-0.25, -0.2) is 0 Å². The predicted molar refractivity (Wildman–Crippen MR) is 226 cm³/mol. The molecule has 4 rings (SSSR count). The molecule has 0 aromatic carbocycles. The molecule has 0 aromatic rings. The van der Waals surface area contributed by atoms with Gasteiger partial charge in [0.1, 0.15) is 30.7 Å². The van der Waals surface area contributed by atoms with E-state index in [0.717, 1.165) is 12.7 Å². The standard InChI is InChI=1S/C45H76N2O15/c1-25-22-31(20-21-48)40(62-44-42(59-30(6)49)38(47(10)11)39(28(4)58-44)61-37-24-45(7,53)43(52)29(5)57-37)41(54-12)33(50)23-35(51)55-26(2)16-14-13-15-17-34(25)60-36-19-18-32(46(8)9)27(3)56-36/h13-15,17,21,25-29,31-34,36-44,50,52-53H,16,18-20,22-24H2,1-12H3. The van der Waals surface area contributed by atoms with Crippen LogP contribution in [0.5, 0.6) is 0 Å². The van der Waals surface area contributed by atoms with E-state index in [4.69, 9.17) is 42.6 Å². The summed E-state index contributed by atoms with van der Waals surface area (Å²) < 4.78 is 56.6. The lowest BCUT2D eigenvalue weighted by Gasteiger charge is -2.50. The largest absolute Gasteiger partial charge is 0.462 e. The molecule has 0 radical (unpaired) electrons. The number of cyclic esters (lactones) is 1. The predicted octanol–water partition coefficient (Wildman–Crippen LogP) is 2.90. The number of ether oxygens (including phenoxy) is 9. The van der Waals surface area contributed by atoms with Gasteiger partial charge >= 0.3 is 11.9 Å². The van der Waals surface area contributed by atoms with Gasteiger partial charge in [0, 0.05) is 39.3 Å². The summed E-state index contributed by atoms with van der Waals surface area (Å²) in [6.45, 7) is 12.0. The number of aliphatic hydroxyl groups excluding tert-OH is 2. The molecular weight excluding hydrogens is 808 g/mol. The van der Waals surface area contributed by atoms with E-state index in [-0.39, 0.29) is 30.9 Å². The number of aldehydes is 1. The number of methoxy groups -OCH3 is 1. The molecule has 0 spiro atoms. The molecule has 19 unspecified atom stereocenters. The summed E-state index contributed by atoms with van der Waals surface area (Å²) in [6.07, 6.45) is -1.89. The highest BCUT2D eigenvalue weighted by Crippen LogP contribution is 2.38. The van der Waals surface area contributed by atoms with Crippen LogP contribution >= 0.6 is 0 Å². The zero-order chi connectivity index (χ0) is 46.1. The van der Waals surface area contributed by atoms with E-state index in [1.54, 1.807) is 34.9 Å². The van der Waals surface area contributed by atoms with E-state index in [2.05, 4.69) is 4.90 Å². The molecule has 19 atom stereocenters. The Morgan fingerprint density at radius 1 is 0.887 bits per heavy atom. The maximum Gasteiger partial charge on any atom is 0.308 e. The Balaban J connectivity index is 1.73. The van der Waals surface area contributed by atoms with E-state index >= 15 is 0 Å². The summed E-state index contributed by atoms with van der Waals surface area (Å²) in [5.74, 6) is -2.18. The van der Waals surface area contributed by atoms with Crippen LogP contribution in [0.15, 0.2) is 24.3 Å². The van der Waals surface area contributed by atoms with Crippen LogP contribution in [0.4, 0.5) is 0 Å². The van der Waals surface area contributed by atoms with Crippen LogP contribution in [0.3, 0.4) is 0 Å². The summed E-state index contributed by atoms with van der Waals surface area (Å²) in [7, 11) is 9.03. The second kappa shape index (κ2) is 23.7. The summed E-state index contributed by atoms with van der Waals surface area (Å²) >= 11 is 0. The Morgan fingerprint density at radius 2 is 1.58 bits per heavy atom. The Morgan fingerprint density at radius 3 is 2.18 bits per heavy atom. The van der Waals surface area contributed by atoms with Gasteiger partial charge in [0.15, 0.2) is 25.0 Å². The van der Waals surface area contributed by atoms with Crippen molar-refractivity contribution in [1.29, 1.82) is 0 Å². The summed E-state index contributed by atoms with van der Waals surface area (Å²) in [4.78, 5) is 42.6. The van der Waals surface area contributed by atoms with Crippen LogP contribution in [0, 0.1) is 11.8 Å². The first-order chi connectivity index (χ1) is 29.2. The number of esters is 2. The molecule has 3 fully saturated rings. The second-order valence-corrected chi connectivity index (χ2v) is 18.4. The highest BCUT2D eigenvalue weighted by atomic mass is 16.7. The van der Waals surface area contributed by atoms with Crippen LogP contribution < -0.4 is 0 Å². The van der Waals surface area contributed by atoms with Gasteiger partial charge in [-0.3, -0.25) is 9.59 Å². The normalized spacial score (nSPS) is 43.0. The molecule has 62 heavy (non-hydrogen) atoms. The molecule has 3 N–H and O–H groups in total. The molecule has 4 aliphatic rings.